The molecule has 0 saturated carbocycles. The van der Waals surface area contributed by atoms with E-state index >= 15 is 0 Å². The summed E-state index contributed by atoms with van der Waals surface area (Å²) in [5, 5.41) is 2.04. The summed E-state index contributed by atoms with van der Waals surface area (Å²) < 4.78 is 10.8. The Morgan fingerprint density at radius 2 is 1.76 bits per heavy atom. The summed E-state index contributed by atoms with van der Waals surface area (Å²) in [6.07, 6.45) is 0. The first-order valence-corrected chi connectivity index (χ1v) is 11.9. The molecule has 0 aliphatic carbocycles. The molecule has 7 heteroatoms. The van der Waals surface area contributed by atoms with Gasteiger partial charge in [-0.05, 0) is 61.5 Å². The SMILES string of the molecule is Cc1ccsc1CN(Cc1ccccc1)C(=O)CN(C(=O)c1ccc2c(c1)OCO2)C(C)C. The topological polar surface area (TPSA) is 59.1 Å². The van der Waals surface area contributed by atoms with Gasteiger partial charge in [0, 0.05) is 23.0 Å². The van der Waals surface area contributed by atoms with Crippen LogP contribution in [0.25, 0.3) is 0 Å². The molecule has 0 radical (unpaired) electrons. The van der Waals surface area contributed by atoms with E-state index in [0.717, 1.165) is 10.4 Å². The number of carbonyl (C=O) groups excluding carboxylic acids is 2. The number of amides is 2. The fraction of sp³-hybridized carbons (Fsp3) is 0.308. The Balaban J connectivity index is 1.54. The lowest BCUT2D eigenvalue weighted by Crippen LogP contribution is -2.45. The smallest absolute Gasteiger partial charge is 0.254 e. The van der Waals surface area contributed by atoms with Crippen LogP contribution in [0.2, 0.25) is 0 Å². The van der Waals surface area contributed by atoms with E-state index in [1.54, 1.807) is 34.4 Å². The highest BCUT2D eigenvalue weighted by molar-refractivity contribution is 7.10. The third-order valence-corrected chi connectivity index (χ3v) is 6.69. The van der Waals surface area contributed by atoms with Crippen LogP contribution in [-0.4, -0.2) is 41.0 Å². The maximum atomic E-state index is 13.5. The number of rotatable bonds is 8. The minimum atomic E-state index is -0.205. The zero-order valence-electron chi connectivity index (χ0n) is 19.1. The van der Waals surface area contributed by atoms with Crippen LogP contribution >= 0.6 is 11.3 Å². The molecule has 2 amide bonds. The van der Waals surface area contributed by atoms with E-state index in [2.05, 4.69) is 13.0 Å². The molecule has 172 valence electrons. The molecule has 0 atom stereocenters. The Morgan fingerprint density at radius 3 is 2.45 bits per heavy atom. The summed E-state index contributed by atoms with van der Waals surface area (Å²) in [4.78, 5) is 31.4. The van der Waals surface area contributed by atoms with Crippen LogP contribution in [0.15, 0.2) is 60.0 Å². The quantitative estimate of drug-likeness (QED) is 0.478. The molecule has 0 unspecified atom stereocenters. The van der Waals surface area contributed by atoms with E-state index < -0.39 is 0 Å². The highest BCUT2D eigenvalue weighted by Crippen LogP contribution is 2.33. The predicted octanol–water partition coefficient (Wildman–Crippen LogP) is 4.86. The molecule has 0 bridgehead atoms. The van der Waals surface area contributed by atoms with Crippen LogP contribution < -0.4 is 9.47 Å². The maximum Gasteiger partial charge on any atom is 0.254 e. The van der Waals surface area contributed by atoms with Gasteiger partial charge >= 0.3 is 0 Å². The van der Waals surface area contributed by atoms with Gasteiger partial charge in [-0.15, -0.1) is 11.3 Å². The summed E-state index contributed by atoms with van der Waals surface area (Å²) in [5.41, 5.74) is 2.70. The number of hydrogen-bond acceptors (Lipinski definition) is 5. The van der Waals surface area contributed by atoms with Crippen molar-refractivity contribution in [3.8, 4) is 11.5 Å². The monoisotopic (exact) mass is 464 g/mol. The van der Waals surface area contributed by atoms with Crippen molar-refractivity contribution in [1.82, 2.24) is 9.80 Å². The maximum absolute atomic E-state index is 13.5. The van der Waals surface area contributed by atoms with Gasteiger partial charge in [0.1, 0.15) is 6.54 Å². The van der Waals surface area contributed by atoms with Crippen molar-refractivity contribution in [2.75, 3.05) is 13.3 Å². The van der Waals surface area contributed by atoms with E-state index in [4.69, 9.17) is 9.47 Å². The zero-order chi connectivity index (χ0) is 23.4. The van der Waals surface area contributed by atoms with Crippen molar-refractivity contribution in [1.29, 1.82) is 0 Å². The minimum absolute atomic E-state index is 0.00218. The second-order valence-corrected chi connectivity index (χ2v) is 9.36. The lowest BCUT2D eigenvalue weighted by atomic mass is 10.1. The van der Waals surface area contributed by atoms with Crippen molar-refractivity contribution in [3.63, 3.8) is 0 Å². The van der Waals surface area contributed by atoms with Crippen LogP contribution in [0, 0.1) is 6.92 Å². The Hall–Kier alpha value is -3.32. The van der Waals surface area contributed by atoms with Gasteiger partial charge in [0.2, 0.25) is 12.7 Å². The van der Waals surface area contributed by atoms with E-state index in [1.807, 2.05) is 54.5 Å². The minimum Gasteiger partial charge on any atom is -0.454 e. The molecule has 0 N–H and O–H groups in total. The van der Waals surface area contributed by atoms with Crippen LogP contribution in [0.4, 0.5) is 0 Å². The van der Waals surface area contributed by atoms with Crippen molar-refractivity contribution in [3.05, 3.63) is 81.5 Å². The molecule has 33 heavy (non-hydrogen) atoms. The average molecular weight is 465 g/mol. The molecule has 2 aromatic carbocycles. The van der Waals surface area contributed by atoms with Crippen molar-refractivity contribution in [2.45, 2.75) is 39.9 Å². The standard InChI is InChI=1S/C26H28N2O4S/c1-18(2)28(26(30)21-9-10-22-23(13-21)32-17-31-22)16-25(29)27(14-20-7-5-4-6-8-20)15-24-19(3)11-12-33-24/h4-13,18H,14-17H2,1-3H3. The fourth-order valence-corrected chi connectivity index (χ4v) is 4.63. The van der Waals surface area contributed by atoms with Gasteiger partial charge < -0.3 is 19.3 Å². The highest BCUT2D eigenvalue weighted by Gasteiger charge is 2.26. The Bertz CT molecular complexity index is 1130. The highest BCUT2D eigenvalue weighted by atomic mass is 32.1. The van der Waals surface area contributed by atoms with Crippen LogP contribution in [0.5, 0.6) is 11.5 Å². The third-order valence-electron chi connectivity index (χ3n) is 5.68. The Labute approximate surface area is 198 Å². The summed E-state index contributed by atoms with van der Waals surface area (Å²) in [7, 11) is 0. The Kier molecular flexibility index (Phi) is 6.99. The second-order valence-electron chi connectivity index (χ2n) is 8.36. The van der Waals surface area contributed by atoms with E-state index in [-0.39, 0.29) is 31.2 Å². The van der Waals surface area contributed by atoms with Crippen molar-refractivity contribution >= 4 is 23.2 Å². The number of ether oxygens (including phenoxy) is 2. The lowest BCUT2D eigenvalue weighted by molar-refractivity contribution is -0.133. The van der Waals surface area contributed by atoms with Crippen LogP contribution in [-0.2, 0) is 17.9 Å². The summed E-state index contributed by atoms with van der Waals surface area (Å²) in [5.74, 6) is 0.881. The fourth-order valence-electron chi connectivity index (χ4n) is 3.71. The first-order valence-electron chi connectivity index (χ1n) is 11.0. The van der Waals surface area contributed by atoms with Gasteiger partial charge in [-0.25, -0.2) is 0 Å². The first kappa shape index (κ1) is 22.9. The molecule has 6 nitrogen and oxygen atoms in total. The zero-order valence-corrected chi connectivity index (χ0v) is 19.9. The summed E-state index contributed by atoms with van der Waals surface area (Å²) >= 11 is 1.65. The van der Waals surface area contributed by atoms with E-state index in [0.29, 0.717) is 30.2 Å². The molecule has 1 aliphatic heterocycles. The molecular formula is C26H28N2O4S. The number of carbonyl (C=O) groups is 2. The van der Waals surface area contributed by atoms with Gasteiger partial charge in [0.15, 0.2) is 11.5 Å². The van der Waals surface area contributed by atoms with Gasteiger partial charge in [-0.1, -0.05) is 30.3 Å². The normalized spacial score (nSPS) is 12.1. The molecule has 2 heterocycles. The molecular weight excluding hydrogens is 436 g/mol. The molecule has 1 aliphatic rings. The lowest BCUT2D eigenvalue weighted by Gasteiger charge is -2.30. The summed E-state index contributed by atoms with van der Waals surface area (Å²) in [6.45, 7) is 7.05. The molecule has 0 fully saturated rings. The number of nitrogens with zero attached hydrogens (tertiary/aromatic N) is 2. The largest absolute Gasteiger partial charge is 0.454 e. The van der Waals surface area contributed by atoms with Gasteiger partial charge in [0.25, 0.3) is 5.91 Å². The van der Waals surface area contributed by atoms with Gasteiger partial charge in [0.05, 0.1) is 6.54 Å². The Morgan fingerprint density at radius 1 is 1.00 bits per heavy atom. The van der Waals surface area contributed by atoms with Crippen molar-refractivity contribution in [2.24, 2.45) is 0 Å². The molecule has 0 spiro atoms. The number of fused-ring (bicyclic) bond motifs is 1. The van der Waals surface area contributed by atoms with Gasteiger partial charge in [-0.3, -0.25) is 9.59 Å². The third kappa shape index (κ3) is 5.37. The molecule has 3 aromatic rings. The van der Waals surface area contributed by atoms with Crippen LogP contribution in [0.1, 0.15) is 40.2 Å². The van der Waals surface area contributed by atoms with Crippen LogP contribution in [0.3, 0.4) is 0 Å². The summed E-state index contributed by atoms with van der Waals surface area (Å²) in [6, 6.07) is 17.0. The molecule has 0 saturated heterocycles. The molecule has 1 aromatic heterocycles. The first-order chi connectivity index (χ1) is 15.9. The van der Waals surface area contributed by atoms with E-state index in [1.165, 1.54) is 5.56 Å². The van der Waals surface area contributed by atoms with Gasteiger partial charge in [-0.2, -0.15) is 0 Å². The predicted molar refractivity (Wildman–Crippen MR) is 128 cm³/mol. The number of aryl methyl sites for hydroxylation is 1. The number of hydrogen-bond donors (Lipinski definition) is 0. The van der Waals surface area contributed by atoms with Crippen molar-refractivity contribution < 1.29 is 19.1 Å². The number of benzene rings is 2. The second kappa shape index (κ2) is 10.1. The van der Waals surface area contributed by atoms with E-state index in [9.17, 15) is 9.59 Å². The molecule has 4 rings (SSSR count). The number of thiophene rings is 1. The average Bonchev–Trinajstić information content (AvgIpc) is 3.45.